The van der Waals surface area contributed by atoms with E-state index in [1.54, 1.807) is 25.3 Å². The number of rotatable bonds is 5. The largest absolute Gasteiger partial charge is 0.495 e. The number of carbonyl (C=O) groups excluding carboxylic acids is 2. The Labute approximate surface area is 176 Å². The Bertz CT molecular complexity index is 770. The fourth-order valence-corrected chi connectivity index (χ4v) is 4.51. The van der Waals surface area contributed by atoms with E-state index in [2.05, 4.69) is 10.2 Å². The normalized spacial score (nSPS) is 23.2. The van der Waals surface area contributed by atoms with Crippen molar-refractivity contribution in [2.75, 3.05) is 51.7 Å². The van der Waals surface area contributed by atoms with E-state index >= 15 is 0 Å². The molecule has 3 aliphatic rings. The molecule has 0 spiro atoms. The number of benzene rings is 1. The van der Waals surface area contributed by atoms with Crippen LogP contribution in [0.4, 0.5) is 10.5 Å². The van der Waals surface area contributed by atoms with E-state index in [0.717, 1.165) is 44.9 Å². The van der Waals surface area contributed by atoms with Crippen LogP contribution in [0.3, 0.4) is 0 Å². The number of halogens is 1. The lowest BCUT2D eigenvalue weighted by molar-refractivity contribution is -0.132. The third-order valence-corrected chi connectivity index (χ3v) is 6.40. The maximum Gasteiger partial charge on any atom is 0.321 e. The monoisotopic (exact) mass is 420 g/mol. The number of nitrogens with one attached hydrogen (secondary N) is 1. The van der Waals surface area contributed by atoms with Crippen LogP contribution in [0.15, 0.2) is 18.2 Å². The second-order valence-corrected chi connectivity index (χ2v) is 8.60. The number of hydrogen-bond acceptors (Lipinski definition) is 4. The van der Waals surface area contributed by atoms with Crippen molar-refractivity contribution in [1.82, 2.24) is 14.7 Å². The van der Waals surface area contributed by atoms with Crippen LogP contribution in [0.25, 0.3) is 0 Å². The van der Waals surface area contributed by atoms with Crippen molar-refractivity contribution >= 4 is 29.2 Å². The third-order valence-electron chi connectivity index (χ3n) is 6.11. The summed E-state index contributed by atoms with van der Waals surface area (Å²) < 4.78 is 5.15. The standard InChI is InChI=1S/C21H29ClN4O3/c1-29-19-6-5-16(13-17(19)22)23-21(28)25-9-2-8-24(11-12-25)18-7-10-26(20(18)27)14-15-3-4-15/h5-6,13,15,18H,2-4,7-12,14H2,1H3,(H,23,28). The average Bonchev–Trinajstić information content (AvgIpc) is 3.49. The SMILES string of the molecule is COc1ccc(NC(=O)N2CCCN(C3CCN(CC4CC4)C3=O)CC2)cc1Cl. The van der Waals surface area contributed by atoms with E-state index in [-0.39, 0.29) is 18.0 Å². The van der Waals surface area contributed by atoms with Gasteiger partial charge in [0.15, 0.2) is 0 Å². The molecule has 0 bridgehead atoms. The van der Waals surface area contributed by atoms with Crippen molar-refractivity contribution < 1.29 is 14.3 Å². The molecule has 2 aliphatic heterocycles. The molecule has 1 unspecified atom stereocenters. The first-order chi connectivity index (χ1) is 14.0. The van der Waals surface area contributed by atoms with Crippen LogP contribution < -0.4 is 10.1 Å². The van der Waals surface area contributed by atoms with E-state index in [1.807, 2.05) is 9.80 Å². The molecule has 2 heterocycles. The van der Waals surface area contributed by atoms with Crippen LogP contribution in [0.1, 0.15) is 25.7 Å². The van der Waals surface area contributed by atoms with Crippen molar-refractivity contribution in [1.29, 1.82) is 0 Å². The number of amides is 3. The maximum absolute atomic E-state index is 12.8. The van der Waals surface area contributed by atoms with Gasteiger partial charge in [0.05, 0.1) is 18.2 Å². The van der Waals surface area contributed by atoms with Gasteiger partial charge < -0.3 is 19.9 Å². The van der Waals surface area contributed by atoms with Crippen molar-refractivity contribution in [3.8, 4) is 5.75 Å². The molecule has 2 saturated heterocycles. The van der Waals surface area contributed by atoms with Gasteiger partial charge >= 0.3 is 6.03 Å². The van der Waals surface area contributed by atoms with Crippen molar-refractivity contribution in [2.24, 2.45) is 5.92 Å². The molecule has 3 fully saturated rings. The summed E-state index contributed by atoms with van der Waals surface area (Å²) in [4.78, 5) is 31.6. The van der Waals surface area contributed by atoms with Gasteiger partial charge in [-0.3, -0.25) is 9.69 Å². The number of carbonyl (C=O) groups is 2. The quantitative estimate of drug-likeness (QED) is 0.795. The molecule has 7 nitrogen and oxygen atoms in total. The minimum Gasteiger partial charge on any atom is -0.495 e. The molecular weight excluding hydrogens is 392 g/mol. The molecule has 4 rings (SSSR count). The molecule has 0 aromatic heterocycles. The fraction of sp³-hybridized carbons (Fsp3) is 0.619. The molecule has 1 aromatic rings. The minimum absolute atomic E-state index is 0.0165. The summed E-state index contributed by atoms with van der Waals surface area (Å²) in [6.45, 7) is 4.68. The van der Waals surface area contributed by atoms with E-state index in [1.165, 1.54) is 12.8 Å². The average molecular weight is 421 g/mol. The van der Waals surface area contributed by atoms with Crippen molar-refractivity contribution in [2.45, 2.75) is 31.7 Å². The van der Waals surface area contributed by atoms with Crippen molar-refractivity contribution in [3.05, 3.63) is 23.2 Å². The highest BCUT2D eigenvalue weighted by atomic mass is 35.5. The Kier molecular flexibility index (Phi) is 6.15. The number of methoxy groups -OCH3 is 1. The number of anilines is 1. The molecule has 1 N–H and O–H groups in total. The highest BCUT2D eigenvalue weighted by Gasteiger charge is 2.38. The molecule has 3 amide bonds. The van der Waals surface area contributed by atoms with E-state index < -0.39 is 0 Å². The Morgan fingerprint density at radius 3 is 2.72 bits per heavy atom. The number of ether oxygens (including phenoxy) is 1. The van der Waals surface area contributed by atoms with E-state index in [0.29, 0.717) is 29.5 Å². The molecule has 1 atom stereocenters. The predicted octanol–water partition coefficient (Wildman–Crippen LogP) is 2.90. The van der Waals surface area contributed by atoms with E-state index in [9.17, 15) is 9.59 Å². The lowest BCUT2D eigenvalue weighted by Gasteiger charge is -2.26. The summed E-state index contributed by atoms with van der Waals surface area (Å²) in [7, 11) is 1.56. The summed E-state index contributed by atoms with van der Waals surface area (Å²) >= 11 is 6.14. The number of nitrogens with zero attached hydrogens (tertiary/aromatic N) is 3. The fourth-order valence-electron chi connectivity index (χ4n) is 4.25. The molecule has 0 radical (unpaired) electrons. The molecule has 29 heavy (non-hydrogen) atoms. The van der Waals surface area contributed by atoms with Crippen LogP contribution in [-0.4, -0.2) is 79.1 Å². The zero-order chi connectivity index (χ0) is 20.4. The zero-order valence-electron chi connectivity index (χ0n) is 16.9. The zero-order valence-corrected chi connectivity index (χ0v) is 17.7. The van der Waals surface area contributed by atoms with Gasteiger partial charge in [-0.05, 0) is 49.8 Å². The van der Waals surface area contributed by atoms with Gasteiger partial charge in [-0.25, -0.2) is 4.79 Å². The highest BCUT2D eigenvalue weighted by Crippen LogP contribution is 2.32. The van der Waals surface area contributed by atoms with Crippen LogP contribution in [0.2, 0.25) is 5.02 Å². The summed E-state index contributed by atoms with van der Waals surface area (Å²) in [6, 6.07) is 5.05. The first kappa shape index (κ1) is 20.3. The topological polar surface area (TPSA) is 65.1 Å². The van der Waals surface area contributed by atoms with Crippen LogP contribution in [0.5, 0.6) is 5.75 Å². The number of urea groups is 1. The summed E-state index contributed by atoms with van der Waals surface area (Å²) in [5.74, 6) is 1.59. The third kappa shape index (κ3) is 4.78. The molecule has 158 valence electrons. The predicted molar refractivity (Wildman–Crippen MR) is 112 cm³/mol. The van der Waals surface area contributed by atoms with Gasteiger partial charge in [0.1, 0.15) is 5.75 Å². The lowest BCUT2D eigenvalue weighted by Crippen LogP contribution is -2.44. The van der Waals surface area contributed by atoms with Crippen LogP contribution >= 0.6 is 11.6 Å². The summed E-state index contributed by atoms with van der Waals surface area (Å²) in [5.41, 5.74) is 0.642. The highest BCUT2D eigenvalue weighted by molar-refractivity contribution is 6.32. The maximum atomic E-state index is 12.8. The molecule has 1 saturated carbocycles. The van der Waals surface area contributed by atoms with Crippen molar-refractivity contribution in [3.63, 3.8) is 0 Å². The second-order valence-electron chi connectivity index (χ2n) is 8.19. The Hall–Kier alpha value is -1.99. The summed E-state index contributed by atoms with van der Waals surface area (Å²) in [5, 5.41) is 3.37. The van der Waals surface area contributed by atoms with Crippen LogP contribution in [-0.2, 0) is 4.79 Å². The first-order valence-corrected chi connectivity index (χ1v) is 10.9. The summed E-state index contributed by atoms with van der Waals surface area (Å²) in [6.07, 6.45) is 4.30. The first-order valence-electron chi connectivity index (χ1n) is 10.5. The van der Waals surface area contributed by atoms with Gasteiger partial charge in [-0.2, -0.15) is 0 Å². The van der Waals surface area contributed by atoms with Gasteiger partial charge in [-0.15, -0.1) is 0 Å². The van der Waals surface area contributed by atoms with Gasteiger partial charge in [-0.1, -0.05) is 11.6 Å². The van der Waals surface area contributed by atoms with Gasteiger partial charge in [0.2, 0.25) is 5.91 Å². The second kappa shape index (κ2) is 8.79. The molecule has 1 aliphatic carbocycles. The van der Waals surface area contributed by atoms with E-state index in [4.69, 9.17) is 16.3 Å². The lowest BCUT2D eigenvalue weighted by atomic mass is 10.2. The minimum atomic E-state index is -0.138. The smallest absolute Gasteiger partial charge is 0.321 e. The van der Waals surface area contributed by atoms with Gasteiger partial charge in [0, 0.05) is 45.0 Å². The Morgan fingerprint density at radius 1 is 1.17 bits per heavy atom. The number of likely N-dealkylation sites (tertiary alicyclic amines) is 1. The molecule has 8 heteroatoms. The van der Waals surface area contributed by atoms with Crippen LogP contribution in [0, 0.1) is 5.92 Å². The Balaban J connectivity index is 1.31. The number of hydrogen-bond donors (Lipinski definition) is 1. The van der Waals surface area contributed by atoms with Gasteiger partial charge in [0.25, 0.3) is 0 Å². The molecule has 1 aromatic carbocycles. The molecular formula is C21H29ClN4O3. The Morgan fingerprint density at radius 2 is 2.00 bits per heavy atom.